The molecule has 5 nitrogen and oxygen atoms in total. The molecule has 3 fully saturated rings. The van der Waals surface area contributed by atoms with Crippen molar-refractivity contribution >= 4 is 0 Å². The van der Waals surface area contributed by atoms with Gasteiger partial charge in [0.15, 0.2) is 0 Å². The van der Waals surface area contributed by atoms with Crippen molar-refractivity contribution < 1.29 is 13.9 Å². The molecule has 0 aliphatic carbocycles. The van der Waals surface area contributed by atoms with Gasteiger partial charge in [0.25, 0.3) is 0 Å². The van der Waals surface area contributed by atoms with Gasteiger partial charge in [-0.15, -0.1) is 0 Å². The van der Waals surface area contributed by atoms with Crippen molar-refractivity contribution in [2.75, 3.05) is 39.5 Å². The van der Waals surface area contributed by atoms with E-state index in [1.165, 1.54) is 12.8 Å². The molecule has 23 heavy (non-hydrogen) atoms. The molecule has 0 amide bonds. The van der Waals surface area contributed by atoms with Crippen molar-refractivity contribution in [3.05, 3.63) is 23.7 Å². The first-order valence-corrected chi connectivity index (χ1v) is 9.10. The number of furan rings is 1. The Morgan fingerprint density at radius 2 is 1.91 bits per heavy atom. The molecule has 3 atom stereocenters. The minimum absolute atomic E-state index is 0.349. The Kier molecular flexibility index (Phi) is 4.71. The fourth-order valence-corrected chi connectivity index (χ4v) is 4.34. The molecule has 0 bridgehead atoms. The van der Waals surface area contributed by atoms with E-state index in [0.717, 1.165) is 63.9 Å². The number of rotatable bonds is 4. The van der Waals surface area contributed by atoms with Gasteiger partial charge < -0.3 is 13.9 Å². The summed E-state index contributed by atoms with van der Waals surface area (Å²) in [5.41, 5.74) is 0. The van der Waals surface area contributed by atoms with Gasteiger partial charge in [0, 0.05) is 38.7 Å². The van der Waals surface area contributed by atoms with E-state index in [4.69, 9.17) is 13.9 Å². The van der Waals surface area contributed by atoms with Gasteiger partial charge in [-0.25, -0.2) is 0 Å². The van der Waals surface area contributed by atoms with Crippen LogP contribution in [0.2, 0.25) is 0 Å². The van der Waals surface area contributed by atoms with Crippen LogP contribution in [0.15, 0.2) is 16.5 Å². The van der Waals surface area contributed by atoms with Crippen LogP contribution in [0.25, 0.3) is 0 Å². The van der Waals surface area contributed by atoms with Crippen molar-refractivity contribution in [2.45, 2.75) is 50.9 Å². The molecule has 0 radical (unpaired) electrons. The minimum Gasteiger partial charge on any atom is -0.465 e. The lowest BCUT2D eigenvalue weighted by atomic mass is 10.00. The Hall–Kier alpha value is -0.880. The first-order valence-electron chi connectivity index (χ1n) is 9.10. The number of likely N-dealkylation sites (tertiary alicyclic amines) is 1. The van der Waals surface area contributed by atoms with E-state index in [1.807, 2.05) is 0 Å². The van der Waals surface area contributed by atoms with Crippen LogP contribution in [0.5, 0.6) is 0 Å². The molecule has 5 heteroatoms. The standard InChI is InChI=1S/C18H28N2O3/c1-2-14-5-6-15(23-14)12-20-13-17(19-7-10-21-11-8-19)18-16(20)4-3-9-22-18/h5-6,16-18H,2-4,7-13H2,1H3/t16?,17-,18?/m0/s1. The molecule has 1 aromatic rings. The molecule has 3 aliphatic heterocycles. The Morgan fingerprint density at radius 3 is 2.70 bits per heavy atom. The number of fused-ring (bicyclic) bond motifs is 1. The average molecular weight is 320 g/mol. The maximum atomic E-state index is 6.21. The third kappa shape index (κ3) is 3.20. The van der Waals surface area contributed by atoms with Gasteiger partial charge in [-0.1, -0.05) is 6.92 Å². The Bertz CT molecular complexity index is 512. The summed E-state index contributed by atoms with van der Waals surface area (Å²) in [6.45, 7) is 8.81. The highest BCUT2D eigenvalue weighted by Crippen LogP contribution is 2.33. The zero-order chi connectivity index (χ0) is 15.6. The third-order valence-electron chi connectivity index (χ3n) is 5.54. The van der Waals surface area contributed by atoms with Crippen LogP contribution < -0.4 is 0 Å². The van der Waals surface area contributed by atoms with Crippen molar-refractivity contribution in [1.82, 2.24) is 9.80 Å². The predicted molar refractivity (Wildman–Crippen MR) is 87.4 cm³/mol. The van der Waals surface area contributed by atoms with E-state index in [2.05, 4.69) is 28.9 Å². The van der Waals surface area contributed by atoms with Crippen molar-refractivity contribution in [3.63, 3.8) is 0 Å². The van der Waals surface area contributed by atoms with Crippen molar-refractivity contribution in [2.24, 2.45) is 0 Å². The smallest absolute Gasteiger partial charge is 0.118 e. The first kappa shape index (κ1) is 15.6. The molecule has 1 aromatic heterocycles. The maximum Gasteiger partial charge on any atom is 0.118 e. The second kappa shape index (κ2) is 6.93. The van der Waals surface area contributed by atoms with Crippen LogP contribution in [0.1, 0.15) is 31.3 Å². The average Bonchev–Trinajstić information content (AvgIpc) is 3.21. The zero-order valence-corrected chi connectivity index (χ0v) is 14.1. The van der Waals surface area contributed by atoms with Gasteiger partial charge in [0.1, 0.15) is 11.5 Å². The van der Waals surface area contributed by atoms with Gasteiger partial charge in [0.05, 0.1) is 31.9 Å². The molecule has 3 saturated heterocycles. The minimum atomic E-state index is 0.349. The number of ether oxygens (including phenoxy) is 2. The molecule has 4 heterocycles. The van der Waals surface area contributed by atoms with Gasteiger partial charge >= 0.3 is 0 Å². The Morgan fingerprint density at radius 1 is 1.09 bits per heavy atom. The lowest BCUT2D eigenvalue weighted by molar-refractivity contribution is -0.0595. The highest BCUT2D eigenvalue weighted by atomic mass is 16.5. The topological polar surface area (TPSA) is 38.1 Å². The van der Waals surface area contributed by atoms with Crippen LogP contribution in [0, 0.1) is 0 Å². The summed E-state index contributed by atoms with van der Waals surface area (Å²) >= 11 is 0. The van der Waals surface area contributed by atoms with E-state index in [1.54, 1.807) is 0 Å². The van der Waals surface area contributed by atoms with E-state index in [9.17, 15) is 0 Å². The van der Waals surface area contributed by atoms with Crippen molar-refractivity contribution in [1.29, 1.82) is 0 Å². The molecule has 4 rings (SSSR count). The molecule has 0 N–H and O–H groups in total. The second-order valence-corrected chi connectivity index (χ2v) is 6.91. The molecule has 2 unspecified atom stereocenters. The van der Waals surface area contributed by atoms with Gasteiger partial charge in [-0.05, 0) is 25.0 Å². The maximum absolute atomic E-state index is 6.21. The summed E-state index contributed by atoms with van der Waals surface area (Å²) in [4.78, 5) is 5.16. The molecular formula is C18H28N2O3. The van der Waals surface area contributed by atoms with Crippen LogP contribution in [-0.2, 0) is 22.4 Å². The monoisotopic (exact) mass is 320 g/mol. The molecule has 0 saturated carbocycles. The third-order valence-corrected chi connectivity index (χ3v) is 5.54. The summed E-state index contributed by atoms with van der Waals surface area (Å²) in [7, 11) is 0. The van der Waals surface area contributed by atoms with E-state index in [-0.39, 0.29) is 0 Å². The van der Waals surface area contributed by atoms with Gasteiger partial charge in [-0.2, -0.15) is 0 Å². The number of hydrogen-bond acceptors (Lipinski definition) is 5. The van der Waals surface area contributed by atoms with E-state index in [0.29, 0.717) is 18.2 Å². The van der Waals surface area contributed by atoms with Crippen LogP contribution in [-0.4, -0.2) is 67.4 Å². The van der Waals surface area contributed by atoms with Crippen LogP contribution in [0.3, 0.4) is 0 Å². The summed E-state index contributed by atoms with van der Waals surface area (Å²) in [5.74, 6) is 2.18. The van der Waals surface area contributed by atoms with Crippen molar-refractivity contribution in [3.8, 4) is 0 Å². The number of hydrogen-bond donors (Lipinski definition) is 0. The van der Waals surface area contributed by atoms with Crippen LogP contribution in [0.4, 0.5) is 0 Å². The summed E-state index contributed by atoms with van der Waals surface area (Å²) in [6.07, 6.45) is 3.73. The van der Waals surface area contributed by atoms with Gasteiger partial charge in [0.2, 0.25) is 0 Å². The molecule has 0 aromatic carbocycles. The number of aryl methyl sites for hydroxylation is 1. The molecule has 128 valence electrons. The van der Waals surface area contributed by atoms with E-state index < -0.39 is 0 Å². The summed E-state index contributed by atoms with van der Waals surface area (Å²) in [5, 5.41) is 0. The lowest BCUT2D eigenvalue weighted by Gasteiger charge is -2.37. The lowest BCUT2D eigenvalue weighted by Crippen LogP contribution is -2.51. The number of morpholine rings is 1. The highest BCUT2D eigenvalue weighted by molar-refractivity contribution is 5.09. The summed E-state index contributed by atoms with van der Waals surface area (Å²) in [6, 6.07) is 5.29. The Balaban J connectivity index is 1.48. The molecule has 3 aliphatic rings. The Labute approximate surface area is 138 Å². The van der Waals surface area contributed by atoms with Gasteiger partial charge in [-0.3, -0.25) is 9.80 Å². The summed E-state index contributed by atoms with van der Waals surface area (Å²) < 4.78 is 17.7. The zero-order valence-electron chi connectivity index (χ0n) is 14.1. The quantitative estimate of drug-likeness (QED) is 0.847. The molecule has 0 spiro atoms. The SMILES string of the molecule is CCc1ccc(CN2C[C@H](N3CCOCC3)C3OCCCC32)o1. The second-order valence-electron chi connectivity index (χ2n) is 6.91. The van der Waals surface area contributed by atoms with E-state index >= 15 is 0 Å². The fourth-order valence-electron chi connectivity index (χ4n) is 4.34. The molecular weight excluding hydrogens is 292 g/mol. The fraction of sp³-hybridized carbons (Fsp3) is 0.778. The van der Waals surface area contributed by atoms with Crippen LogP contribution >= 0.6 is 0 Å². The predicted octanol–water partition coefficient (Wildman–Crippen LogP) is 1.91. The number of nitrogens with zero attached hydrogens (tertiary/aromatic N) is 2. The normalized spacial score (nSPS) is 33.0. The first-order chi connectivity index (χ1) is 11.3. The highest BCUT2D eigenvalue weighted by Gasteiger charge is 2.46. The largest absolute Gasteiger partial charge is 0.465 e.